The molecule has 0 aliphatic rings. The van der Waals surface area contributed by atoms with Crippen LogP contribution < -0.4 is 0 Å². The topological polar surface area (TPSA) is 0 Å². The van der Waals surface area contributed by atoms with Gasteiger partial charge in [0.2, 0.25) is 0 Å². The molecular formula is C8H14SeTe. The predicted octanol–water partition coefficient (Wildman–Crippen LogP) is 1.32. The Morgan fingerprint density at radius 1 is 1.50 bits per heavy atom. The first-order valence-corrected chi connectivity index (χ1v) is 5.80. The van der Waals surface area contributed by atoms with Crippen molar-refractivity contribution in [1.82, 2.24) is 0 Å². The van der Waals surface area contributed by atoms with E-state index in [1.165, 1.54) is 28.1 Å². The molecule has 0 nitrogen and oxygen atoms in total. The van der Waals surface area contributed by atoms with Crippen LogP contribution in [-0.4, -0.2) is 40.3 Å². The van der Waals surface area contributed by atoms with Gasteiger partial charge in [0.25, 0.3) is 0 Å². The summed E-state index contributed by atoms with van der Waals surface area (Å²) >= 11 is 4.73. The average Bonchev–Trinajstić information content (AvgIpc) is 1.87. The minimum absolute atomic E-state index is 1.24. The second-order valence-corrected chi connectivity index (χ2v) is 6.56. The fourth-order valence-electron chi connectivity index (χ4n) is 0.696. The molecule has 0 saturated carbocycles. The first-order valence-electron chi connectivity index (χ1n) is 3.67. The Balaban J connectivity index is 3.10. The molecule has 0 aliphatic heterocycles. The standard InChI is InChI=1S/C8H14SeTe/c1-2-3-4-5-6-7-8(9)10/h6-7H,2-5H2,1H3,(H,9,10). The van der Waals surface area contributed by atoms with Crippen molar-refractivity contribution in [2.45, 2.75) is 32.6 Å². The van der Waals surface area contributed by atoms with E-state index in [1.807, 2.05) is 0 Å². The minimum atomic E-state index is 1.24. The molecule has 0 amide bonds. The molecule has 0 bridgehead atoms. The van der Waals surface area contributed by atoms with Crippen molar-refractivity contribution in [1.29, 1.82) is 0 Å². The van der Waals surface area contributed by atoms with E-state index in [2.05, 4.69) is 34.7 Å². The van der Waals surface area contributed by atoms with E-state index >= 15 is 0 Å². The second-order valence-electron chi connectivity index (χ2n) is 2.24. The van der Waals surface area contributed by atoms with Crippen LogP contribution in [-0.2, 0) is 0 Å². The number of hydrogen-bond acceptors (Lipinski definition) is 0. The second kappa shape index (κ2) is 8.02. The van der Waals surface area contributed by atoms with Crippen LogP contribution in [0.25, 0.3) is 0 Å². The van der Waals surface area contributed by atoms with Crippen molar-refractivity contribution < 1.29 is 0 Å². The molecule has 0 aromatic heterocycles. The normalized spacial score (nSPS) is 10.6. The van der Waals surface area contributed by atoms with Crippen molar-refractivity contribution in [2.24, 2.45) is 0 Å². The van der Waals surface area contributed by atoms with E-state index in [-0.39, 0.29) is 0 Å². The van der Waals surface area contributed by atoms with Gasteiger partial charge in [0.1, 0.15) is 0 Å². The fraction of sp³-hybridized carbons (Fsp3) is 0.625. The number of hydrogen-bond donors (Lipinski definition) is 0. The molecule has 0 saturated heterocycles. The van der Waals surface area contributed by atoms with Gasteiger partial charge >= 0.3 is 85.1 Å². The van der Waals surface area contributed by atoms with Crippen molar-refractivity contribution in [2.75, 3.05) is 0 Å². The molecule has 2 heteroatoms. The molecule has 0 aromatic rings. The van der Waals surface area contributed by atoms with Gasteiger partial charge in [0, 0.05) is 0 Å². The molecular weight excluding hydrogens is 303 g/mol. The van der Waals surface area contributed by atoms with Crippen LogP contribution in [0.2, 0.25) is 0 Å². The van der Waals surface area contributed by atoms with Gasteiger partial charge < -0.3 is 0 Å². The maximum atomic E-state index is 2.98. The zero-order valence-electron chi connectivity index (χ0n) is 6.34. The summed E-state index contributed by atoms with van der Waals surface area (Å²) in [5.41, 5.74) is 0. The van der Waals surface area contributed by atoms with Gasteiger partial charge in [-0.1, -0.05) is 0 Å². The first kappa shape index (κ1) is 10.9. The van der Waals surface area contributed by atoms with Crippen molar-refractivity contribution >= 4 is 40.3 Å². The van der Waals surface area contributed by atoms with Crippen molar-refractivity contribution in [3.05, 3.63) is 12.2 Å². The summed E-state index contributed by atoms with van der Waals surface area (Å²) in [7, 11) is 0. The monoisotopic (exact) mass is 320 g/mol. The van der Waals surface area contributed by atoms with Gasteiger partial charge in [-0.05, 0) is 0 Å². The van der Waals surface area contributed by atoms with Gasteiger partial charge in [0.05, 0.1) is 0 Å². The SMILES string of the molecule is CCCCCC=CC(=[Se])[TeH]. The molecule has 0 atom stereocenters. The number of unbranched alkanes of at least 4 members (excludes halogenated alkanes) is 3. The molecule has 0 heterocycles. The molecule has 0 spiro atoms. The summed E-state index contributed by atoms with van der Waals surface area (Å²) in [5, 5.41) is 0. The summed E-state index contributed by atoms with van der Waals surface area (Å²) in [5.74, 6) is 0. The van der Waals surface area contributed by atoms with E-state index in [0.29, 0.717) is 0 Å². The van der Waals surface area contributed by atoms with Crippen LogP contribution in [0.15, 0.2) is 12.2 Å². The quantitative estimate of drug-likeness (QED) is 0.530. The third kappa shape index (κ3) is 8.92. The Bertz CT molecular complexity index is 118. The molecule has 0 aliphatic carbocycles. The van der Waals surface area contributed by atoms with Crippen LogP contribution >= 0.6 is 0 Å². The molecule has 10 heavy (non-hydrogen) atoms. The van der Waals surface area contributed by atoms with E-state index in [9.17, 15) is 0 Å². The molecule has 58 valence electrons. The molecule has 0 N–H and O–H groups in total. The summed E-state index contributed by atoms with van der Waals surface area (Å²) < 4.78 is 1.32. The van der Waals surface area contributed by atoms with Crippen LogP contribution in [0.1, 0.15) is 32.6 Å². The van der Waals surface area contributed by atoms with Gasteiger partial charge in [-0.2, -0.15) is 0 Å². The van der Waals surface area contributed by atoms with E-state index < -0.39 is 0 Å². The molecule has 0 rings (SSSR count). The van der Waals surface area contributed by atoms with E-state index in [4.69, 9.17) is 0 Å². The molecule has 0 fully saturated rings. The summed E-state index contributed by atoms with van der Waals surface area (Å²) in [4.78, 5) is 0. The number of rotatable bonds is 5. The van der Waals surface area contributed by atoms with Gasteiger partial charge in [-0.15, -0.1) is 0 Å². The summed E-state index contributed by atoms with van der Waals surface area (Å²) in [6.45, 7) is 2.23. The first-order chi connectivity index (χ1) is 4.77. The van der Waals surface area contributed by atoms with Gasteiger partial charge in [0.15, 0.2) is 0 Å². The van der Waals surface area contributed by atoms with Crippen LogP contribution in [0.4, 0.5) is 0 Å². The number of allylic oxidation sites excluding steroid dienone is 2. The summed E-state index contributed by atoms with van der Waals surface area (Å²) in [6.07, 6.45) is 9.68. The van der Waals surface area contributed by atoms with Crippen molar-refractivity contribution in [3.8, 4) is 0 Å². The van der Waals surface area contributed by atoms with E-state index in [1.54, 1.807) is 22.3 Å². The van der Waals surface area contributed by atoms with Crippen LogP contribution in [0.5, 0.6) is 0 Å². The third-order valence-corrected chi connectivity index (χ3v) is 1.95. The Labute approximate surface area is 84.7 Å². The van der Waals surface area contributed by atoms with Crippen LogP contribution in [0, 0.1) is 0 Å². The zero-order valence-corrected chi connectivity index (χ0v) is 10.6. The Hall–Kier alpha value is 0.919. The third-order valence-electron chi connectivity index (χ3n) is 1.23. The predicted molar refractivity (Wildman–Crippen MR) is 51.2 cm³/mol. The zero-order chi connectivity index (χ0) is 7.82. The molecule has 0 aromatic carbocycles. The van der Waals surface area contributed by atoms with Gasteiger partial charge in [-0.25, -0.2) is 0 Å². The molecule has 0 unspecified atom stereocenters. The maximum absolute atomic E-state index is 2.98. The van der Waals surface area contributed by atoms with Crippen molar-refractivity contribution in [3.63, 3.8) is 0 Å². The van der Waals surface area contributed by atoms with Crippen LogP contribution in [0.3, 0.4) is 0 Å². The summed E-state index contributed by atoms with van der Waals surface area (Å²) in [6, 6.07) is 0. The Morgan fingerprint density at radius 3 is 2.70 bits per heavy atom. The average molecular weight is 317 g/mol. The van der Waals surface area contributed by atoms with E-state index in [0.717, 1.165) is 0 Å². The van der Waals surface area contributed by atoms with Gasteiger partial charge in [-0.3, -0.25) is 0 Å². The Kier molecular flexibility index (Phi) is 8.76. The fourth-order valence-corrected chi connectivity index (χ4v) is 1.20. The molecule has 0 radical (unpaired) electrons. The Morgan fingerprint density at radius 2 is 2.20 bits per heavy atom.